The summed E-state index contributed by atoms with van der Waals surface area (Å²) in [5.74, 6) is 0.803. The van der Waals surface area contributed by atoms with Crippen molar-refractivity contribution in [3.05, 3.63) is 16.1 Å². The van der Waals surface area contributed by atoms with E-state index in [1.54, 1.807) is 23.3 Å². The van der Waals surface area contributed by atoms with Gasteiger partial charge in [-0.25, -0.2) is 9.78 Å². The van der Waals surface area contributed by atoms with E-state index in [1.165, 1.54) is 0 Å². The lowest BCUT2D eigenvalue weighted by molar-refractivity contribution is 0.0565. The fourth-order valence-corrected chi connectivity index (χ4v) is 4.08. The Hall–Kier alpha value is -1.14. The summed E-state index contributed by atoms with van der Waals surface area (Å²) >= 11 is 1.67. The zero-order valence-corrected chi connectivity index (χ0v) is 15.2. The smallest absolute Gasteiger partial charge is 0.317 e. The molecule has 2 atom stereocenters. The van der Waals surface area contributed by atoms with Crippen molar-refractivity contribution in [1.82, 2.24) is 15.2 Å². The van der Waals surface area contributed by atoms with Gasteiger partial charge in [-0.05, 0) is 18.8 Å². The SMILES string of the molecule is CC(C)Cc1ncc(CNC(=O)N(C)C[C@H]2CCCC[C@@H]2O)s1. The highest BCUT2D eigenvalue weighted by molar-refractivity contribution is 7.11. The number of thiazole rings is 1. The molecule has 0 bridgehead atoms. The van der Waals surface area contributed by atoms with Crippen molar-refractivity contribution in [2.24, 2.45) is 11.8 Å². The van der Waals surface area contributed by atoms with E-state index < -0.39 is 0 Å². The molecule has 1 aliphatic rings. The third kappa shape index (κ3) is 5.77. The maximum absolute atomic E-state index is 12.2. The Labute approximate surface area is 143 Å². The van der Waals surface area contributed by atoms with Crippen LogP contribution in [-0.4, -0.2) is 40.7 Å². The highest BCUT2D eigenvalue weighted by Gasteiger charge is 2.25. The molecule has 0 saturated heterocycles. The Morgan fingerprint density at radius 3 is 2.91 bits per heavy atom. The molecule has 0 radical (unpaired) electrons. The lowest BCUT2D eigenvalue weighted by atomic mass is 9.86. The molecule has 1 aliphatic carbocycles. The molecule has 0 aliphatic heterocycles. The highest BCUT2D eigenvalue weighted by atomic mass is 32.1. The topological polar surface area (TPSA) is 65.5 Å². The molecule has 1 saturated carbocycles. The Bertz CT molecular complexity index is 504. The lowest BCUT2D eigenvalue weighted by Crippen LogP contribution is -2.42. The van der Waals surface area contributed by atoms with Gasteiger partial charge < -0.3 is 15.3 Å². The minimum Gasteiger partial charge on any atom is -0.393 e. The molecule has 0 aromatic carbocycles. The van der Waals surface area contributed by atoms with Crippen molar-refractivity contribution >= 4 is 17.4 Å². The lowest BCUT2D eigenvalue weighted by Gasteiger charge is -2.31. The van der Waals surface area contributed by atoms with E-state index >= 15 is 0 Å². The molecule has 1 heterocycles. The predicted octanol–water partition coefficient (Wildman–Crippen LogP) is 3.03. The Balaban J connectivity index is 1.76. The summed E-state index contributed by atoms with van der Waals surface area (Å²) in [6.07, 6.45) is 6.69. The second-order valence-corrected chi connectivity index (χ2v) is 8.17. The van der Waals surface area contributed by atoms with Gasteiger partial charge in [0.1, 0.15) is 0 Å². The van der Waals surface area contributed by atoms with Gasteiger partial charge in [0.15, 0.2) is 0 Å². The van der Waals surface area contributed by atoms with Crippen LogP contribution in [0.4, 0.5) is 4.79 Å². The van der Waals surface area contributed by atoms with Crippen LogP contribution < -0.4 is 5.32 Å². The normalized spacial score (nSPS) is 21.4. The van der Waals surface area contributed by atoms with E-state index in [2.05, 4.69) is 24.1 Å². The first-order valence-corrected chi connectivity index (χ1v) is 9.38. The minimum absolute atomic E-state index is 0.0819. The van der Waals surface area contributed by atoms with Crippen LogP contribution in [0.2, 0.25) is 0 Å². The van der Waals surface area contributed by atoms with Gasteiger partial charge in [-0.2, -0.15) is 0 Å². The number of carbonyl (C=O) groups is 1. The quantitative estimate of drug-likeness (QED) is 0.837. The number of nitrogens with one attached hydrogen (secondary N) is 1. The van der Waals surface area contributed by atoms with Gasteiger partial charge in [-0.1, -0.05) is 26.7 Å². The van der Waals surface area contributed by atoms with Gasteiger partial charge in [-0.3, -0.25) is 0 Å². The third-order valence-electron chi connectivity index (χ3n) is 4.32. The van der Waals surface area contributed by atoms with Crippen LogP contribution in [0.15, 0.2) is 6.20 Å². The number of nitrogens with zero attached hydrogens (tertiary/aromatic N) is 2. The number of hydrogen-bond acceptors (Lipinski definition) is 4. The average Bonchev–Trinajstić information content (AvgIpc) is 2.93. The summed E-state index contributed by atoms with van der Waals surface area (Å²) in [5.41, 5.74) is 0. The zero-order chi connectivity index (χ0) is 16.8. The zero-order valence-electron chi connectivity index (χ0n) is 14.4. The highest BCUT2D eigenvalue weighted by Crippen LogP contribution is 2.25. The molecule has 2 amide bonds. The van der Waals surface area contributed by atoms with E-state index in [-0.39, 0.29) is 18.1 Å². The van der Waals surface area contributed by atoms with E-state index in [1.807, 2.05) is 6.20 Å². The molecule has 1 fully saturated rings. The summed E-state index contributed by atoms with van der Waals surface area (Å²) in [6.45, 7) is 5.50. The molecular weight excluding hydrogens is 310 g/mol. The number of amides is 2. The van der Waals surface area contributed by atoms with Gasteiger partial charge in [0, 0.05) is 37.0 Å². The fraction of sp³-hybridized carbons (Fsp3) is 0.765. The van der Waals surface area contributed by atoms with Gasteiger partial charge in [0.05, 0.1) is 17.7 Å². The summed E-state index contributed by atoms with van der Waals surface area (Å²) in [5, 5.41) is 14.1. The molecule has 2 rings (SSSR count). The summed E-state index contributed by atoms with van der Waals surface area (Å²) < 4.78 is 0. The molecule has 0 spiro atoms. The van der Waals surface area contributed by atoms with Crippen molar-refractivity contribution in [2.75, 3.05) is 13.6 Å². The Morgan fingerprint density at radius 1 is 1.48 bits per heavy atom. The van der Waals surface area contributed by atoms with E-state index in [9.17, 15) is 9.90 Å². The summed E-state index contributed by atoms with van der Waals surface area (Å²) in [4.78, 5) is 19.4. The van der Waals surface area contributed by atoms with Gasteiger partial charge in [-0.15, -0.1) is 11.3 Å². The van der Waals surface area contributed by atoms with Crippen molar-refractivity contribution in [3.63, 3.8) is 0 Å². The van der Waals surface area contributed by atoms with Gasteiger partial charge in [0.25, 0.3) is 0 Å². The maximum atomic E-state index is 12.2. The maximum Gasteiger partial charge on any atom is 0.317 e. The van der Waals surface area contributed by atoms with E-state index in [0.29, 0.717) is 19.0 Å². The minimum atomic E-state index is -0.265. The second kappa shape index (κ2) is 8.64. The first-order chi connectivity index (χ1) is 11.0. The number of urea groups is 1. The van der Waals surface area contributed by atoms with Crippen LogP contribution in [0.25, 0.3) is 0 Å². The molecule has 130 valence electrons. The average molecular weight is 340 g/mol. The van der Waals surface area contributed by atoms with Crippen LogP contribution in [0.5, 0.6) is 0 Å². The first-order valence-electron chi connectivity index (χ1n) is 8.56. The van der Waals surface area contributed by atoms with Crippen molar-refractivity contribution < 1.29 is 9.90 Å². The number of hydrogen-bond donors (Lipinski definition) is 2. The number of aromatic nitrogens is 1. The van der Waals surface area contributed by atoms with Crippen LogP contribution in [0.3, 0.4) is 0 Å². The van der Waals surface area contributed by atoms with Crippen molar-refractivity contribution in [1.29, 1.82) is 0 Å². The van der Waals surface area contributed by atoms with Crippen LogP contribution >= 0.6 is 11.3 Å². The molecule has 0 unspecified atom stereocenters. The summed E-state index contributed by atoms with van der Waals surface area (Å²) in [7, 11) is 1.80. The molecular formula is C17H29N3O2S. The number of rotatable bonds is 6. The molecule has 5 nitrogen and oxygen atoms in total. The van der Waals surface area contributed by atoms with Crippen molar-refractivity contribution in [2.45, 2.75) is 58.6 Å². The van der Waals surface area contributed by atoms with Gasteiger partial charge in [0.2, 0.25) is 0 Å². The largest absolute Gasteiger partial charge is 0.393 e. The molecule has 1 aromatic heterocycles. The number of carbonyl (C=O) groups excluding carboxylic acids is 1. The second-order valence-electron chi connectivity index (χ2n) is 6.97. The van der Waals surface area contributed by atoms with Crippen LogP contribution in [0.1, 0.15) is 49.4 Å². The standard InChI is InChI=1S/C17H29N3O2S/c1-12(2)8-16-18-9-14(23-16)10-19-17(22)20(3)11-13-6-4-5-7-15(13)21/h9,12-13,15,21H,4-8,10-11H2,1-3H3,(H,19,22)/t13-,15+/m1/s1. The summed E-state index contributed by atoms with van der Waals surface area (Å²) in [6, 6.07) is -0.0819. The van der Waals surface area contributed by atoms with Crippen LogP contribution in [0, 0.1) is 11.8 Å². The molecule has 23 heavy (non-hydrogen) atoms. The fourth-order valence-electron chi connectivity index (χ4n) is 3.01. The molecule has 2 N–H and O–H groups in total. The van der Waals surface area contributed by atoms with E-state index in [4.69, 9.17) is 0 Å². The first kappa shape index (κ1) is 18.2. The van der Waals surface area contributed by atoms with E-state index in [0.717, 1.165) is 42.0 Å². The number of aliphatic hydroxyl groups excluding tert-OH is 1. The van der Waals surface area contributed by atoms with Gasteiger partial charge >= 0.3 is 6.03 Å². The molecule has 1 aromatic rings. The number of aliphatic hydroxyl groups is 1. The monoisotopic (exact) mass is 339 g/mol. The Morgan fingerprint density at radius 2 is 2.22 bits per heavy atom. The van der Waals surface area contributed by atoms with Crippen LogP contribution in [-0.2, 0) is 13.0 Å². The molecule has 6 heteroatoms. The third-order valence-corrected chi connectivity index (χ3v) is 5.34. The predicted molar refractivity (Wildman–Crippen MR) is 93.5 cm³/mol. The van der Waals surface area contributed by atoms with Crippen molar-refractivity contribution in [3.8, 4) is 0 Å². The Kier molecular flexibility index (Phi) is 6.84.